The maximum Gasteiger partial charge on any atom is 0.222 e. The number of halogens is 1. The Balaban J connectivity index is 2.46. The fraction of sp³-hybridized carbons (Fsp3) is 0.444. The summed E-state index contributed by atoms with van der Waals surface area (Å²) in [4.78, 5) is 11.2. The molecule has 0 saturated carbocycles. The summed E-state index contributed by atoms with van der Waals surface area (Å²) in [5.74, 6) is -0.0167. The number of rotatable bonds is 3. The molecule has 0 radical (unpaired) electrons. The van der Waals surface area contributed by atoms with Crippen LogP contribution < -0.4 is 5.32 Å². The maximum absolute atomic E-state index is 11.2. The van der Waals surface area contributed by atoms with Gasteiger partial charge in [-0.2, -0.15) is 5.10 Å². The first kappa shape index (κ1) is 10.9. The maximum atomic E-state index is 11.2. The first-order valence-electron chi connectivity index (χ1n) is 4.35. The third-order valence-corrected chi connectivity index (χ3v) is 1.86. The molecule has 1 N–H and O–H groups in total. The Hall–Kier alpha value is -1.16. The Labute approximate surface area is 87.7 Å². The normalized spacial score (nSPS) is 10.3. The molecule has 0 spiro atoms. The Kier molecular flexibility index (Phi) is 3.83. The highest BCUT2D eigenvalue weighted by atomic mass is 35.5. The molecule has 0 unspecified atom stereocenters. The van der Waals surface area contributed by atoms with Gasteiger partial charge in [0.15, 0.2) is 5.15 Å². The molecule has 1 rings (SSSR count). The van der Waals surface area contributed by atoms with E-state index in [-0.39, 0.29) is 11.8 Å². The van der Waals surface area contributed by atoms with Crippen molar-refractivity contribution in [3.63, 3.8) is 0 Å². The summed E-state index contributed by atoms with van der Waals surface area (Å²) >= 11 is 5.56. The number of aromatic nitrogens is 2. The molecule has 0 fully saturated rings. The summed E-state index contributed by atoms with van der Waals surface area (Å²) in [5, 5.41) is 10.6. The largest absolute Gasteiger partial charge is 0.350 e. The molecule has 0 bridgehead atoms. The molecule has 1 heterocycles. The molecule has 14 heavy (non-hydrogen) atoms. The zero-order chi connectivity index (χ0) is 10.6. The van der Waals surface area contributed by atoms with E-state index in [1.165, 1.54) is 0 Å². The third kappa shape index (κ3) is 3.30. The van der Waals surface area contributed by atoms with E-state index in [2.05, 4.69) is 15.5 Å². The average Bonchev–Trinajstić information content (AvgIpc) is 2.16. The monoisotopic (exact) mass is 213 g/mol. The van der Waals surface area contributed by atoms with Crippen molar-refractivity contribution in [1.82, 2.24) is 15.5 Å². The van der Waals surface area contributed by atoms with E-state index in [0.717, 1.165) is 0 Å². The van der Waals surface area contributed by atoms with E-state index in [4.69, 9.17) is 11.6 Å². The second-order valence-electron chi connectivity index (χ2n) is 3.22. The number of carbonyl (C=O) groups excluding carboxylic acids is 1. The van der Waals surface area contributed by atoms with E-state index < -0.39 is 0 Å². The minimum atomic E-state index is -0.0183. The van der Waals surface area contributed by atoms with Crippen molar-refractivity contribution in [2.75, 3.05) is 0 Å². The minimum Gasteiger partial charge on any atom is -0.350 e. The Morgan fingerprint density at radius 3 is 2.71 bits per heavy atom. The van der Waals surface area contributed by atoms with Gasteiger partial charge >= 0.3 is 0 Å². The standard InChI is InChI=1S/C9H12ClN3O/c1-6(2)9(14)11-5-7-3-4-8(10)13-12-7/h3-4,6H,5H2,1-2H3,(H,11,14). The number of hydrogen-bond acceptors (Lipinski definition) is 3. The third-order valence-electron chi connectivity index (χ3n) is 1.66. The molecule has 0 saturated heterocycles. The van der Waals surface area contributed by atoms with Crippen LogP contribution in [-0.2, 0) is 11.3 Å². The lowest BCUT2D eigenvalue weighted by atomic mass is 10.2. The Bertz CT molecular complexity index is 310. The van der Waals surface area contributed by atoms with Gasteiger partial charge in [-0.15, -0.1) is 5.10 Å². The number of nitrogens with one attached hydrogen (secondary N) is 1. The van der Waals surface area contributed by atoms with Crippen LogP contribution in [0.3, 0.4) is 0 Å². The van der Waals surface area contributed by atoms with Crippen LogP contribution in [0.25, 0.3) is 0 Å². The highest BCUT2D eigenvalue weighted by molar-refractivity contribution is 6.29. The Morgan fingerprint density at radius 2 is 2.21 bits per heavy atom. The van der Waals surface area contributed by atoms with Crippen LogP contribution in [-0.4, -0.2) is 16.1 Å². The molecule has 1 aromatic rings. The van der Waals surface area contributed by atoms with Crippen molar-refractivity contribution in [2.45, 2.75) is 20.4 Å². The minimum absolute atomic E-state index is 0.00162. The van der Waals surface area contributed by atoms with Crippen LogP contribution in [0.1, 0.15) is 19.5 Å². The molecule has 5 heteroatoms. The fourth-order valence-electron chi connectivity index (χ4n) is 0.820. The van der Waals surface area contributed by atoms with E-state index >= 15 is 0 Å². The lowest BCUT2D eigenvalue weighted by Gasteiger charge is -2.06. The van der Waals surface area contributed by atoms with Crippen molar-refractivity contribution in [3.05, 3.63) is 23.0 Å². The molecule has 4 nitrogen and oxygen atoms in total. The predicted molar refractivity (Wildman–Crippen MR) is 53.7 cm³/mol. The quantitative estimate of drug-likeness (QED) is 0.826. The molecule has 1 amide bonds. The Morgan fingerprint density at radius 1 is 1.50 bits per heavy atom. The van der Waals surface area contributed by atoms with E-state index in [1.807, 2.05) is 13.8 Å². The van der Waals surface area contributed by atoms with E-state index in [0.29, 0.717) is 17.4 Å². The van der Waals surface area contributed by atoms with E-state index in [9.17, 15) is 4.79 Å². The summed E-state index contributed by atoms with van der Waals surface area (Å²) in [6, 6.07) is 3.38. The van der Waals surface area contributed by atoms with E-state index in [1.54, 1.807) is 12.1 Å². The number of amides is 1. The van der Waals surface area contributed by atoms with Crippen molar-refractivity contribution < 1.29 is 4.79 Å². The second-order valence-corrected chi connectivity index (χ2v) is 3.61. The summed E-state index contributed by atoms with van der Waals surface area (Å²) < 4.78 is 0. The molecule has 0 aliphatic heterocycles. The van der Waals surface area contributed by atoms with Crippen molar-refractivity contribution >= 4 is 17.5 Å². The van der Waals surface area contributed by atoms with Crippen LogP contribution >= 0.6 is 11.6 Å². The van der Waals surface area contributed by atoms with Crippen LogP contribution in [0.4, 0.5) is 0 Å². The zero-order valence-electron chi connectivity index (χ0n) is 8.12. The van der Waals surface area contributed by atoms with Gasteiger partial charge in [0.25, 0.3) is 0 Å². The second kappa shape index (κ2) is 4.91. The summed E-state index contributed by atoms with van der Waals surface area (Å²) in [6.07, 6.45) is 0. The molecule has 0 aliphatic rings. The average molecular weight is 214 g/mol. The molecule has 0 atom stereocenters. The van der Waals surface area contributed by atoms with Crippen molar-refractivity contribution in [2.24, 2.45) is 5.92 Å². The first-order valence-corrected chi connectivity index (χ1v) is 4.73. The van der Waals surface area contributed by atoms with Gasteiger partial charge in [-0.3, -0.25) is 4.79 Å². The van der Waals surface area contributed by atoms with Gasteiger partial charge < -0.3 is 5.32 Å². The SMILES string of the molecule is CC(C)C(=O)NCc1ccc(Cl)nn1. The number of hydrogen-bond donors (Lipinski definition) is 1. The number of nitrogens with zero attached hydrogens (tertiary/aromatic N) is 2. The smallest absolute Gasteiger partial charge is 0.222 e. The zero-order valence-corrected chi connectivity index (χ0v) is 8.88. The van der Waals surface area contributed by atoms with Gasteiger partial charge in [0.2, 0.25) is 5.91 Å². The molecule has 76 valence electrons. The molecular weight excluding hydrogens is 202 g/mol. The highest BCUT2D eigenvalue weighted by Crippen LogP contribution is 2.02. The lowest BCUT2D eigenvalue weighted by molar-refractivity contribution is -0.124. The number of carbonyl (C=O) groups is 1. The van der Waals surface area contributed by atoms with Gasteiger partial charge in [-0.1, -0.05) is 25.4 Å². The predicted octanol–water partition coefficient (Wildman–Crippen LogP) is 1.40. The van der Waals surface area contributed by atoms with Crippen molar-refractivity contribution in [3.8, 4) is 0 Å². The topological polar surface area (TPSA) is 54.9 Å². The molecule has 0 aliphatic carbocycles. The summed E-state index contributed by atoms with van der Waals surface area (Å²) in [5.41, 5.74) is 0.698. The van der Waals surface area contributed by atoms with Crippen LogP contribution in [0.5, 0.6) is 0 Å². The summed E-state index contributed by atoms with van der Waals surface area (Å²) in [6.45, 7) is 4.06. The van der Waals surface area contributed by atoms with Gasteiger partial charge in [-0.25, -0.2) is 0 Å². The lowest BCUT2D eigenvalue weighted by Crippen LogP contribution is -2.27. The molecule has 0 aromatic carbocycles. The molecular formula is C9H12ClN3O. The van der Waals surface area contributed by atoms with Crippen LogP contribution in [0.2, 0.25) is 5.15 Å². The van der Waals surface area contributed by atoms with Crippen LogP contribution in [0.15, 0.2) is 12.1 Å². The summed E-state index contributed by atoms with van der Waals surface area (Å²) in [7, 11) is 0. The van der Waals surface area contributed by atoms with Gasteiger partial charge in [0, 0.05) is 5.92 Å². The first-order chi connectivity index (χ1) is 6.59. The fourth-order valence-corrected chi connectivity index (χ4v) is 0.920. The van der Waals surface area contributed by atoms with Gasteiger partial charge in [0.05, 0.1) is 12.2 Å². The molecule has 1 aromatic heterocycles. The van der Waals surface area contributed by atoms with Gasteiger partial charge in [0.1, 0.15) is 0 Å². The van der Waals surface area contributed by atoms with Crippen molar-refractivity contribution in [1.29, 1.82) is 0 Å². The highest BCUT2D eigenvalue weighted by Gasteiger charge is 2.06. The van der Waals surface area contributed by atoms with Gasteiger partial charge in [-0.05, 0) is 12.1 Å². The van der Waals surface area contributed by atoms with Crippen LogP contribution in [0, 0.1) is 5.92 Å².